The zero-order chi connectivity index (χ0) is 15.4. The Morgan fingerprint density at radius 1 is 1.38 bits per heavy atom. The van der Waals surface area contributed by atoms with E-state index < -0.39 is 0 Å². The maximum Gasteiger partial charge on any atom is 0.236 e. The number of amides is 1. The van der Waals surface area contributed by atoms with Gasteiger partial charge in [0.2, 0.25) is 5.91 Å². The van der Waals surface area contributed by atoms with Gasteiger partial charge in [0.05, 0.1) is 12.2 Å². The molecular weight excluding hydrogens is 266 g/mol. The first-order chi connectivity index (χ1) is 9.99. The van der Waals surface area contributed by atoms with E-state index in [9.17, 15) is 4.79 Å². The van der Waals surface area contributed by atoms with Crippen LogP contribution < -0.4 is 10.6 Å². The highest BCUT2D eigenvalue weighted by Crippen LogP contribution is 2.20. The Morgan fingerprint density at radius 2 is 2.05 bits per heavy atom. The predicted molar refractivity (Wildman–Crippen MR) is 85.2 cm³/mol. The zero-order valence-electron chi connectivity index (χ0n) is 13.1. The number of nitrogens with two attached hydrogens (primary N) is 1. The third-order valence-corrected chi connectivity index (χ3v) is 4.02. The lowest BCUT2D eigenvalue weighted by atomic mass is 10.2. The molecule has 6 heteroatoms. The molecule has 1 fully saturated rings. The highest BCUT2D eigenvalue weighted by Gasteiger charge is 2.22. The van der Waals surface area contributed by atoms with Crippen LogP contribution in [-0.2, 0) is 4.79 Å². The number of piperazine rings is 1. The van der Waals surface area contributed by atoms with Crippen LogP contribution in [0.2, 0.25) is 0 Å². The van der Waals surface area contributed by atoms with Crippen LogP contribution in [0.25, 0.3) is 0 Å². The largest absolute Gasteiger partial charge is 0.396 e. The van der Waals surface area contributed by atoms with E-state index in [1.165, 1.54) is 0 Å². The molecule has 1 aliphatic heterocycles. The lowest BCUT2D eigenvalue weighted by molar-refractivity contribution is -0.132. The number of carbonyl (C=O) groups excluding carboxylic acids is 1. The number of carbonyl (C=O) groups is 1. The predicted octanol–water partition coefficient (Wildman–Crippen LogP) is 0.653. The number of rotatable bonds is 4. The third kappa shape index (κ3) is 3.85. The number of hydrogen-bond donors (Lipinski definition) is 1. The van der Waals surface area contributed by atoms with Gasteiger partial charge in [-0.2, -0.15) is 0 Å². The van der Waals surface area contributed by atoms with Crippen LogP contribution in [0.4, 0.5) is 11.5 Å². The highest BCUT2D eigenvalue weighted by atomic mass is 16.2. The Balaban J connectivity index is 1.86. The summed E-state index contributed by atoms with van der Waals surface area (Å²) in [5.41, 5.74) is 6.67. The summed E-state index contributed by atoms with van der Waals surface area (Å²) in [4.78, 5) is 22.6. The van der Waals surface area contributed by atoms with Crippen molar-refractivity contribution >= 4 is 17.4 Å². The van der Waals surface area contributed by atoms with Gasteiger partial charge in [-0.1, -0.05) is 0 Å². The fourth-order valence-electron chi connectivity index (χ4n) is 2.38. The van der Waals surface area contributed by atoms with Crippen molar-refractivity contribution < 1.29 is 4.79 Å². The van der Waals surface area contributed by atoms with Gasteiger partial charge in [0.15, 0.2) is 5.82 Å². The van der Waals surface area contributed by atoms with Gasteiger partial charge in [-0.05, 0) is 26.0 Å². The van der Waals surface area contributed by atoms with Crippen molar-refractivity contribution in [2.75, 3.05) is 50.4 Å². The molecule has 6 nitrogen and oxygen atoms in total. The minimum atomic E-state index is 0.177. The van der Waals surface area contributed by atoms with Crippen molar-refractivity contribution in [2.45, 2.75) is 19.9 Å². The van der Waals surface area contributed by atoms with Gasteiger partial charge >= 0.3 is 0 Å². The first-order valence-corrected chi connectivity index (χ1v) is 7.42. The Morgan fingerprint density at radius 3 is 2.62 bits per heavy atom. The Bertz CT molecular complexity index is 483. The van der Waals surface area contributed by atoms with Crippen molar-refractivity contribution in [1.29, 1.82) is 0 Å². The summed E-state index contributed by atoms with van der Waals surface area (Å²) in [5, 5.41) is 0. The molecule has 0 atom stereocenters. The molecule has 0 bridgehead atoms. The zero-order valence-corrected chi connectivity index (χ0v) is 13.1. The molecule has 1 aromatic heterocycles. The molecule has 1 aromatic rings. The van der Waals surface area contributed by atoms with Crippen molar-refractivity contribution in [2.24, 2.45) is 0 Å². The lowest BCUT2D eigenvalue weighted by Gasteiger charge is -2.36. The molecule has 2 rings (SSSR count). The van der Waals surface area contributed by atoms with Gasteiger partial charge in [0.25, 0.3) is 0 Å². The summed E-state index contributed by atoms with van der Waals surface area (Å²) in [7, 11) is 1.86. The second-order valence-electron chi connectivity index (χ2n) is 5.78. The Labute approximate surface area is 126 Å². The van der Waals surface area contributed by atoms with Crippen molar-refractivity contribution in [1.82, 2.24) is 14.8 Å². The second-order valence-corrected chi connectivity index (χ2v) is 5.78. The van der Waals surface area contributed by atoms with Gasteiger partial charge in [0.1, 0.15) is 0 Å². The molecule has 0 aromatic carbocycles. The Kier molecular flexibility index (Phi) is 5.01. The second kappa shape index (κ2) is 6.76. The molecule has 0 saturated carbocycles. The minimum Gasteiger partial charge on any atom is -0.396 e. The average Bonchev–Trinajstić information content (AvgIpc) is 2.47. The monoisotopic (exact) mass is 291 g/mol. The quantitative estimate of drug-likeness (QED) is 0.882. The smallest absolute Gasteiger partial charge is 0.236 e. The molecule has 2 heterocycles. The van der Waals surface area contributed by atoms with Gasteiger partial charge in [0, 0.05) is 45.5 Å². The molecule has 116 valence electrons. The normalized spacial score (nSPS) is 16.3. The van der Waals surface area contributed by atoms with Crippen LogP contribution >= 0.6 is 0 Å². The summed E-state index contributed by atoms with van der Waals surface area (Å²) < 4.78 is 0. The van der Waals surface area contributed by atoms with E-state index in [1.54, 1.807) is 11.1 Å². The molecule has 0 aliphatic carbocycles. The number of hydrogen-bond acceptors (Lipinski definition) is 5. The number of likely N-dealkylation sites (N-methyl/N-ethyl adjacent to an activating group) is 1. The van der Waals surface area contributed by atoms with Crippen LogP contribution in [0.5, 0.6) is 0 Å². The number of aromatic nitrogens is 1. The molecule has 1 aliphatic rings. The molecule has 21 heavy (non-hydrogen) atoms. The molecule has 0 spiro atoms. The first kappa shape index (κ1) is 15.6. The lowest BCUT2D eigenvalue weighted by Crippen LogP contribution is -2.50. The van der Waals surface area contributed by atoms with Crippen LogP contribution in [0.3, 0.4) is 0 Å². The molecular formula is C15H25N5O. The van der Waals surface area contributed by atoms with Gasteiger partial charge < -0.3 is 15.5 Å². The summed E-state index contributed by atoms with van der Waals surface area (Å²) in [6, 6.07) is 3.96. The number of anilines is 2. The van der Waals surface area contributed by atoms with Crippen LogP contribution in [0.15, 0.2) is 18.3 Å². The molecule has 1 saturated heterocycles. The van der Waals surface area contributed by atoms with E-state index >= 15 is 0 Å². The Hall–Kier alpha value is -1.82. The van der Waals surface area contributed by atoms with Gasteiger partial charge in [-0.15, -0.1) is 0 Å². The van der Waals surface area contributed by atoms with Crippen molar-refractivity contribution in [3.05, 3.63) is 18.3 Å². The van der Waals surface area contributed by atoms with E-state index in [-0.39, 0.29) is 11.9 Å². The summed E-state index contributed by atoms with van der Waals surface area (Å²) in [5.74, 6) is 1.03. The molecule has 2 N–H and O–H groups in total. The summed E-state index contributed by atoms with van der Waals surface area (Å²) in [6.45, 7) is 7.95. The van der Waals surface area contributed by atoms with E-state index in [2.05, 4.69) is 14.8 Å². The topological polar surface area (TPSA) is 65.7 Å². The van der Waals surface area contributed by atoms with Crippen LogP contribution in [-0.4, -0.2) is 66.5 Å². The third-order valence-electron chi connectivity index (χ3n) is 4.02. The van der Waals surface area contributed by atoms with Crippen molar-refractivity contribution in [3.63, 3.8) is 0 Å². The maximum atomic E-state index is 12.1. The minimum absolute atomic E-state index is 0.177. The SMILES string of the molecule is CC(C)N(C)C(=O)CN1CCN(c2ncccc2N)CC1. The fourth-order valence-corrected chi connectivity index (χ4v) is 2.38. The average molecular weight is 291 g/mol. The fraction of sp³-hybridized carbons (Fsp3) is 0.600. The van der Waals surface area contributed by atoms with Crippen LogP contribution in [0.1, 0.15) is 13.8 Å². The van der Waals surface area contributed by atoms with Crippen LogP contribution in [0, 0.1) is 0 Å². The maximum absolute atomic E-state index is 12.1. The van der Waals surface area contributed by atoms with E-state index in [4.69, 9.17) is 5.73 Å². The van der Waals surface area contributed by atoms with E-state index in [0.29, 0.717) is 12.2 Å². The first-order valence-electron chi connectivity index (χ1n) is 7.42. The number of nitrogen functional groups attached to an aromatic ring is 1. The number of pyridine rings is 1. The van der Waals surface area contributed by atoms with Gasteiger partial charge in [-0.25, -0.2) is 4.98 Å². The molecule has 0 radical (unpaired) electrons. The highest BCUT2D eigenvalue weighted by molar-refractivity contribution is 5.78. The van der Waals surface area contributed by atoms with Crippen molar-refractivity contribution in [3.8, 4) is 0 Å². The standard InChI is InChI=1S/C15H25N5O/c1-12(2)18(3)14(21)11-19-7-9-20(10-8-19)15-13(16)5-4-6-17-15/h4-6,12H,7-11,16H2,1-3H3. The molecule has 1 amide bonds. The van der Waals surface area contributed by atoms with Gasteiger partial charge in [-0.3, -0.25) is 9.69 Å². The summed E-state index contributed by atoms with van der Waals surface area (Å²) >= 11 is 0. The van der Waals surface area contributed by atoms with E-state index in [1.807, 2.05) is 33.0 Å². The molecule has 0 unspecified atom stereocenters. The summed E-state index contributed by atoms with van der Waals surface area (Å²) in [6.07, 6.45) is 1.76. The van der Waals surface area contributed by atoms with E-state index in [0.717, 1.165) is 32.0 Å². The number of nitrogens with zero attached hydrogens (tertiary/aromatic N) is 4.